The summed E-state index contributed by atoms with van der Waals surface area (Å²) in [6.07, 6.45) is 7.43. The van der Waals surface area contributed by atoms with Crippen molar-refractivity contribution in [1.29, 1.82) is 0 Å². The molecule has 0 bridgehead atoms. The van der Waals surface area contributed by atoms with Gasteiger partial charge in [0, 0.05) is 77.5 Å². The van der Waals surface area contributed by atoms with Crippen molar-refractivity contribution in [3.8, 4) is 22.5 Å². The van der Waals surface area contributed by atoms with Gasteiger partial charge >= 0.3 is 0 Å². The third kappa shape index (κ3) is 3.67. The third-order valence-electron chi connectivity index (χ3n) is 12.0. The normalized spacial score (nSPS) is 17.2. The van der Waals surface area contributed by atoms with Crippen LogP contribution in [0.1, 0.15) is 35.9 Å². The predicted molar refractivity (Wildman–Crippen MR) is 212 cm³/mol. The molecular formula is C47H33N3S+2. The Hall–Kier alpha value is -5.84. The van der Waals surface area contributed by atoms with Gasteiger partial charge in [0.15, 0.2) is 24.1 Å². The van der Waals surface area contributed by atoms with Crippen LogP contribution in [0, 0.1) is 0 Å². The van der Waals surface area contributed by atoms with Crippen LogP contribution < -0.4 is 9.13 Å². The zero-order valence-electron chi connectivity index (χ0n) is 28.0. The standard InChI is InChI=1S/C47H33N3S/c1-28-24-42-32(30-12-2-3-13-31(30)39-16-9-11-23-49(39)42)21-20-29-25-43-36(26-35(29)40-17-8-10-22-48(28)40)37-27-38-33-14-5-7-19-44(33)51-47(38)45-34-15-4-6-18-41(34)50(43)46(37)45/h2-19,22-23,25-27,32,42H,1,20-21,24H2/q+2. The van der Waals surface area contributed by atoms with Gasteiger partial charge in [0.25, 0.3) is 0 Å². The number of hydrogen-bond donors (Lipinski definition) is 0. The van der Waals surface area contributed by atoms with Gasteiger partial charge in [0.05, 0.1) is 28.5 Å². The van der Waals surface area contributed by atoms with Gasteiger partial charge in [-0.05, 0) is 79.1 Å². The van der Waals surface area contributed by atoms with Crippen molar-refractivity contribution < 1.29 is 9.13 Å². The highest BCUT2D eigenvalue weighted by atomic mass is 32.1. The lowest BCUT2D eigenvalue weighted by Gasteiger charge is -2.31. The van der Waals surface area contributed by atoms with E-state index in [-0.39, 0.29) is 6.04 Å². The highest BCUT2D eigenvalue weighted by molar-refractivity contribution is 7.26. The number of hydrogen-bond acceptors (Lipinski definition) is 1. The van der Waals surface area contributed by atoms with Crippen molar-refractivity contribution in [3.63, 3.8) is 0 Å². The van der Waals surface area contributed by atoms with E-state index in [2.05, 4.69) is 153 Å². The van der Waals surface area contributed by atoms with Crippen LogP contribution in [0.5, 0.6) is 0 Å². The van der Waals surface area contributed by atoms with E-state index >= 15 is 0 Å². The molecule has 0 aliphatic carbocycles. The van der Waals surface area contributed by atoms with E-state index in [0.717, 1.165) is 25.0 Å². The number of rotatable bonds is 0. The lowest BCUT2D eigenvalue weighted by molar-refractivity contribution is -0.720. The number of aromatic nitrogens is 3. The van der Waals surface area contributed by atoms with Crippen LogP contribution in [-0.2, 0) is 6.42 Å². The maximum atomic E-state index is 4.79. The molecule has 7 heterocycles. The fraction of sp³-hybridized carbons (Fsp3) is 0.106. The number of benzene rings is 5. The predicted octanol–water partition coefficient (Wildman–Crippen LogP) is 11.3. The van der Waals surface area contributed by atoms with Crippen molar-refractivity contribution in [2.24, 2.45) is 0 Å². The smallest absolute Gasteiger partial charge is 0.218 e. The molecule has 2 unspecified atom stereocenters. The average molecular weight is 672 g/mol. The second-order valence-electron chi connectivity index (χ2n) is 14.5. The van der Waals surface area contributed by atoms with E-state index in [1.807, 2.05) is 11.3 Å². The Labute approximate surface area is 298 Å². The van der Waals surface area contributed by atoms with Crippen molar-refractivity contribution in [1.82, 2.24) is 4.40 Å². The van der Waals surface area contributed by atoms with Crippen LogP contribution in [0.2, 0.25) is 0 Å². The minimum absolute atomic E-state index is 0.278. The molecule has 0 fully saturated rings. The molecule has 3 nitrogen and oxygen atoms in total. The van der Waals surface area contributed by atoms with E-state index in [4.69, 9.17) is 6.58 Å². The lowest BCUT2D eigenvalue weighted by Crippen LogP contribution is -2.49. The highest BCUT2D eigenvalue weighted by Gasteiger charge is 2.42. The summed E-state index contributed by atoms with van der Waals surface area (Å²) in [5, 5.41) is 8.08. The Kier molecular flexibility index (Phi) is 5.54. The fourth-order valence-corrected chi connectivity index (χ4v) is 11.1. The molecule has 0 saturated heterocycles. The second-order valence-corrected chi connectivity index (χ2v) is 15.6. The number of fused-ring (bicyclic) bond motifs is 19. The van der Waals surface area contributed by atoms with E-state index in [0.29, 0.717) is 5.92 Å². The SMILES string of the molecule is C=C1CC2C(CCc3cc4c(cc3-c3cccc[n+]31)c1cc3c5ccccc5sc3c3c5ccccc5n4c13)c1ccccc1-c1cccc[n+]12. The van der Waals surface area contributed by atoms with Gasteiger partial charge in [-0.2, -0.15) is 9.13 Å². The van der Waals surface area contributed by atoms with Gasteiger partial charge in [-0.25, -0.2) is 0 Å². The molecule has 4 heteroatoms. The topological polar surface area (TPSA) is 12.2 Å². The molecule has 5 aromatic carbocycles. The van der Waals surface area contributed by atoms with Gasteiger partial charge in [-0.3, -0.25) is 0 Å². The summed E-state index contributed by atoms with van der Waals surface area (Å²) in [5.41, 5.74) is 13.1. The van der Waals surface area contributed by atoms with Gasteiger partial charge < -0.3 is 4.40 Å². The number of pyridine rings is 2. The summed E-state index contributed by atoms with van der Waals surface area (Å²) in [7, 11) is 0. The molecule has 0 amide bonds. The number of allylic oxidation sites excluding steroid dienone is 1. The first-order valence-electron chi connectivity index (χ1n) is 18.1. The van der Waals surface area contributed by atoms with E-state index < -0.39 is 0 Å². The Balaban J connectivity index is 1.17. The molecule has 0 radical (unpaired) electrons. The van der Waals surface area contributed by atoms with Crippen LogP contribution >= 0.6 is 11.3 Å². The van der Waals surface area contributed by atoms with Crippen LogP contribution in [0.4, 0.5) is 0 Å². The van der Waals surface area contributed by atoms with Crippen molar-refractivity contribution in [3.05, 3.63) is 157 Å². The van der Waals surface area contributed by atoms with E-state index in [1.165, 1.54) is 91.9 Å². The maximum Gasteiger partial charge on any atom is 0.218 e. The number of aryl methyl sites for hydroxylation is 1. The first kappa shape index (κ1) is 27.9. The number of nitrogens with zero attached hydrogens (tertiary/aromatic N) is 3. The summed E-state index contributed by atoms with van der Waals surface area (Å²) < 4.78 is 10.2. The van der Waals surface area contributed by atoms with Gasteiger partial charge in [0.2, 0.25) is 11.4 Å². The molecule has 0 saturated carbocycles. The van der Waals surface area contributed by atoms with Gasteiger partial charge in [-0.15, -0.1) is 11.3 Å². The molecule has 10 aromatic rings. The molecule has 2 aliphatic heterocycles. The van der Waals surface area contributed by atoms with Crippen molar-refractivity contribution in [2.75, 3.05) is 0 Å². The Bertz CT molecular complexity index is 3110. The van der Waals surface area contributed by atoms with Crippen LogP contribution in [-0.4, -0.2) is 4.40 Å². The van der Waals surface area contributed by atoms with Gasteiger partial charge in [0.1, 0.15) is 0 Å². The molecular weight excluding hydrogens is 639 g/mol. The molecule has 240 valence electrons. The fourth-order valence-electron chi connectivity index (χ4n) is 9.87. The summed E-state index contributed by atoms with van der Waals surface area (Å²) in [6.45, 7) is 4.79. The molecule has 0 spiro atoms. The lowest BCUT2D eigenvalue weighted by atomic mass is 9.77. The van der Waals surface area contributed by atoms with E-state index in [9.17, 15) is 0 Å². The third-order valence-corrected chi connectivity index (χ3v) is 13.2. The molecule has 51 heavy (non-hydrogen) atoms. The highest BCUT2D eigenvalue weighted by Crippen LogP contribution is 2.49. The maximum absolute atomic E-state index is 4.79. The van der Waals surface area contributed by atoms with Gasteiger partial charge in [-0.1, -0.05) is 54.6 Å². The Morgan fingerprint density at radius 2 is 1.43 bits per heavy atom. The van der Waals surface area contributed by atoms with Crippen LogP contribution in [0.3, 0.4) is 0 Å². The first-order chi connectivity index (χ1) is 25.2. The monoisotopic (exact) mass is 671 g/mol. The molecule has 12 rings (SSSR count). The molecule has 2 aliphatic rings. The van der Waals surface area contributed by atoms with Crippen molar-refractivity contribution in [2.45, 2.75) is 31.2 Å². The minimum Gasteiger partial charge on any atom is -0.308 e. The summed E-state index contributed by atoms with van der Waals surface area (Å²) in [6, 6.07) is 48.1. The zero-order valence-corrected chi connectivity index (χ0v) is 28.8. The molecule has 5 aromatic heterocycles. The first-order valence-corrected chi connectivity index (χ1v) is 18.9. The largest absolute Gasteiger partial charge is 0.308 e. The second kappa shape index (κ2) is 10.1. The molecule has 2 atom stereocenters. The molecule has 0 N–H and O–H groups in total. The zero-order chi connectivity index (χ0) is 33.4. The average Bonchev–Trinajstić information content (AvgIpc) is 3.83. The van der Waals surface area contributed by atoms with Crippen molar-refractivity contribution >= 4 is 75.3 Å². The summed E-state index contributed by atoms with van der Waals surface area (Å²) in [5.74, 6) is 0.362. The Morgan fingerprint density at radius 1 is 0.647 bits per heavy atom. The number of thiophene rings is 1. The number of para-hydroxylation sites is 1. The van der Waals surface area contributed by atoms with Crippen LogP contribution in [0.15, 0.2) is 146 Å². The summed E-state index contributed by atoms with van der Waals surface area (Å²) >= 11 is 1.93. The summed E-state index contributed by atoms with van der Waals surface area (Å²) in [4.78, 5) is 0. The quantitative estimate of drug-likeness (QED) is 0.142. The van der Waals surface area contributed by atoms with E-state index in [1.54, 1.807) is 0 Å². The Morgan fingerprint density at radius 3 is 2.37 bits per heavy atom. The van der Waals surface area contributed by atoms with Crippen LogP contribution in [0.25, 0.3) is 86.5 Å². The minimum atomic E-state index is 0.278.